The van der Waals surface area contributed by atoms with E-state index in [2.05, 4.69) is 47.7 Å². The summed E-state index contributed by atoms with van der Waals surface area (Å²) in [6, 6.07) is 12.6. The Hall–Kier alpha value is -1.61. The summed E-state index contributed by atoms with van der Waals surface area (Å²) < 4.78 is 1.95. The first kappa shape index (κ1) is 11.9. The second-order valence-electron chi connectivity index (χ2n) is 4.08. The molecular weight excluding hydrogens is 210 g/mol. The molecule has 1 N–H and O–H groups in total. The van der Waals surface area contributed by atoms with Gasteiger partial charge < -0.3 is 5.32 Å². The van der Waals surface area contributed by atoms with E-state index in [4.69, 9.17) is 0 Å². The summed E-state index contributed by atoms with van der Waals surface area (Å²) in [7, 11) is 0. The number of nitrogens with one attached hydrogen (secondary N) is 1. The lowest BCUT2D eigenvalue weighted by Crippen LogP contribution is -2.17. The Balaban J connectivity index is 1.69. The summed E-state index contributed by atoms with van der Waals surface area (Å²) >= 11 is 0. The highest BCUT2D eigenvalue weighted by molar-refractivity contribution is 5.14. The number of rotatable bonds is 6. The molecule has 0 amide bonds. The Labute approximate surface area is 102 Å². The largest absolute Gasteiger partial charge is 0.311 e. The van der Waals surface area contributed by atoms with Crippen LogP contribution in [0.5, 0.6) is 0 Å². The SMILES string of the molecule is CCn1ccc(CNCCc2ccccc2)n1. The van der Waals surface area contributed by atoms with E-state index >= 15 is 0 Å². The van der Waals surface area contributed by atoms with Crippen LogP contribution in [0.3, 0.4) is 0 Å². The molecule has 3 heteroatoms. The molecule has 3 nitrogen and oxygen atoms in total. The molecule has 0 spiro atoms. The first-order valence-corrected chi connectivity index (χ1v) is 6.15. The molecule has 0 unspecified atom stereocenters. The fourth-order valence-corrected chi connectivity index (χ4v) is 1.77. The predicted octanol–water partition coefficient (Wildman–Crippen LogP) is 2.24. The van der Waals surface area contributed by atoms with Gasteiger partial charge in [-0.15, -0.1) is 0 Å². The fraction of sp³-hybridized carbons (Fsp3) is 0.357. The molecule has 2 rings (SSSR count). The first-order chi connectivity index (χ1) is 8.38. The van der Waals surface area contributed by atoms with Crippen LogP contribution in [0.1, 0.15) is 18.2 Å². The van der Waals surface area contributed by atoms with Crippen molar-refractivity contribution in [3.63, 3.8) is 0 Å². The summed E-state index contributed by atoms with van der Waals surface area (Å²) in [5.41, 5.74) is 2.49. The second kappa shape index (κ2) is 6.21. The third-order valence-corrected chi connectivity index (χ3v) is 2.76. The van der Waals surface area contributed by atoms with E-state index in [0.717, 1.165) is 31.7 Å². The van der Waals surface area contributed by atoms with Gasteiger partial charge in [-0.05, 0) is 31.5 Å². The lowest BCUT2D eigenvalue weighted by Gasteiger charge is -2.03. The number of hydrogen-bond donors (Lipinski definition) is 1. The van der Waals surface area contributed by atoms with Crippen molar-refractivity contribution in [1.82, 2.24) is 15.1 Å². The van der Waals surface area contributed by atoms with Crippen LogP contribution in [0, 0.1) is 0 Å². The lowest BCUT2D eigenvalue weighted by molar-refractivity contribution is 0.619. The van der Waals surface area contributed by atoms with Crippen molar-refractivity contribution in [2.24, 2.45) is 0 Å². The van der Waals surface area contributed by atoms with E-state index in [1.165, 1.54) is 5.56 Å². The maximum atomic E-state index is 4.43. The molecule has 0 bridgehead atoms. The molecule has 1 heterocycles. The van der Waals surface area contributed by atoms with Crippen LogP contribution >= 0.6 is 0 Å². The second-order valence-corrected chi connectivity index (χ2v) is 4.08. The van der Waals surface area contributed by atoms with Crippen LogP contribution in [0.15, 0.2) is 42.6 Å². The van der Waals surface area contributed by atoms with E-state index in [0.29, 0.717) is 0 Å². The average molecular weight is 229 g/mol. The van der Waals surface area contributed by atoms with Crippen LogP contribution in [-0.4, -0.2) is 16.3 Å². The van der Waals surface area contributed by atoms with Crippen molar-refractivity contribution in [2.75, 3.05) is 6.54 Å². The molecule has 0 aliphatic carbocycles. The highest BCUT2D eigenvalue weighted by Crippen LogP contribution is 1.99. The maximum Gasteiger partial charge on any atom is 0.0762 e. The van der Waals surface area contributed by atoms with E-state index in [1.807, 2.05) is 16.9 Å². The van der Waals surface area contributed by atoms with Gasteiger partial charge in [0.05, 0.1) is 5.69 Å². The van der Waals surface area contributed by atoms with E-state index < -0.39 is 0 Å². The van der Waals surface area contributed by atoms with Gasteiger partial charge in [0.25, 0.3) is 0 Å². The smallest absolute Gasteiger partial charge is 0.0762 e. The van der Waals surface area contributed by atoms with E-state index in [9.17, 15) is 0 Å². The van der Waals surface area contributed by atoms with Gasteiger partial charge >= 0.3 is 0 Å². The van der Waals surface area contributed by atoms with Crippen molar-refractivity contribution >= 4 is 0 Å². The van der Waals surface area contributed by atoms with Gasteiger partial charge in [-0.1, -0.05) is 30.3 Å². The van der Waals surface area contributed by atoms with Gasteiger partial charge in [-0.3, -0.25) is 4.68 Å². The lowest BCUT2D eigenvalue weighted by atomic mass is 10.1. The molecule has 0 saturated carbocycles. The molecule has 0 saturated heterocycles. The molecule has 0 aliphatic rings. The number of aryl methyl sites for hydroxylation is 1. The Morgan fingerprint density at radius 3 is 2.71 bits per heavy atom. The van der Waals surface area contributed by atoms with Crippen molar-refractivity contribution in [3.05, 3.63) is 53.9 Å². The average Bonchev–Trinajstić information content (AvgIpc) is 2.84. The molecule has 0 fully saturated rings. The maximum absolute atomic E-state index is 4.43. The molecule has 1 aromatic carbocycles. The monoisotopic (exact) mass is 229 g/mol. The molecular formula is C14H19N3. The summed E-state index contributed by atoms with van der Waals surface area (Å²) in [6.07, 6.45) is 3.09. The van der Waals surface area contributed by atoms with Crippen molar-refractivity contribution in [3.8, 4) is 0 Å². The van der Waals surface area contributed by atoms with Crippen LogP contribution in [0.2, 0.25) is 0 Å². The highest BCUT2D eigenvalue weighted by Gasteiger charge is 1.97. The number of hydrogen-bond acceptors (Lipinski definition) is 2. The summed E-state index contributed by atoms with van der Waals surface area (Å²) in [5.74, 6) is 0. The van der Waals surface area contributed by atoms with Gasteiger partial charge in [-0.25, -0.2) is 0 Å². The Bertz CT molecular complexity index is 434. The minimum absolute atomic E-state index is 0.847. The molecule has 1 aromatic heterocycles. The normalized spacial score (nSPS) is 10.6. The standard InChI is InChI=1S/C14H19N3/c1-2-17-11-9-14(16-17)12-15-10-8-13-6-4-3-5-7-13/h3-7,9,11,15H,2,8,10,12H2,1H3. The first-order valence-electron chi connectivity index (χ1n) is 6.15. The summed E-state index contributed by atoms with van der Waals surface area (Å²) in [4.78, 5) is 0. The predicted molar refractivity (Wildman–Crippen MR) is 69.8 cm³/mol. The van der Waals surface area contributed by atoms with Crippen LogP contribution in [0.4, 0.5) is 0 Å². The summed E-state index contributed by atoms with van der Waals surface area (Å²) in [5, 5.41) is 7.84. The van der Waals surface area contributed by atoms with Crippen LogP contribution in [-0.2, 0) is 19.5 Å². The van der Waals surface area contributed by atoms with E-state index in [1.54, 1.807) is 0 Å². The Kier molecular flexibility index (Phi) is 4.33. The molecule has 0 radical (unpaired) electrons. The van der Waals surface area contributed by atoms with Crippen molar-refractivity contribution in [2.45, 2.75) is 26.4 Å². The van der Waals surface area contributed by atoms with Gasteiger partial charge in [0.2, 0.25) is 0 Å². The van der Waals surface area contributed by atoms with Crippen LogP contribution < -0.4 is 5.32 Å². The molecule has 17 heavy (non-hydrogen) atoms. The molecule has 0 atom stereocenters. The third-order valence-electron chi connectivity index (χ3n) is 2.76. The molecule has 2 aromatic rings. The topological polar surface area (TPSA) is 29.9 Å². The number of aromatic nitrogens is 2. The molecule has 0 aliphatic heterocycles. The van der Waals surface area contributed by atoms with Crippen LogP contribution in [0.25, 0.3) is 0 Å². The van der Waals surface area contributed by atoms with Crippen molar-refractivity contribution < 1.29 is 0 Å². The van der Waals surface area contributed by atoms with Gasteiger partial charge in [-0.2, -0.15) is 5.10 Å². The molecule has 90 valence electrons. The van der Waals surface area contributed by atoms with Gasteiger partial charge in [0.15, 0.2) is 0 Å². The van der Waals surface area contributed by atoms with Gasteiger partial charge in [0.1, 0.15) is 0 Å². The zero-order valence-electron chi connectivity index (χ0n) is 10.3. The highest BCUT2D eigenvalue weighted by atomic mass is 15.3. The fourth-order valence-electron chi connectivity index (χ4n) is 1.77. The minimum Gasteiger partial charge on any atom is -0.311 e. The number of nitrogens with zero attached hydrogens (tertiary/aromatic N) is 2. The quantitative estimate of drug-likeness (QED) is 0.770. The Morgan fingerprint density at radius 2 is 2.00 bits per heavy atom. The van der Waals surface area contributed by atoms with Gasteiger partial charge in [0, 0.05) is 19.3 Å². The van der Waals surface area contributed by atoms with E-state index in [-0.39, 0.29) is 0 Å². The zero-order valence-corrected chi connectivity index (χ0v) is 10.3. The third kappa shape index (κ3) is 3.71. The zero-order chi connectivity index (χ0) is 11.9. The number of benzene rings is 1. The minimum atomic E-state index is 0.847. The van der Waals surface area contributed by atoms with Crippen molar-refractivity contribution in [1.29, 1.82) is 0 Å². The summed E-state index contributed by atoms with van der Waals surface area (Å²) in [6.45, 7) is 4.87. The Morgan fingerprint density at radius 1 is 1.18 bits per heavy atom.